The highest BCUT2D eigenvalue weighted by Crippen LogP contribution is 2.33. The Morgan fingerprint density at radius 2 is 1.95 bits per heavy atom. The van der Waals surface area contributed by atoms with Gasteiger partial charge in [0, 0.05) is 11.9 Å². The fourth-order valence-corrected chi connectivity index (χ4v) is 2.65. The third-order valence-corrected chi connectivity index (χ3v) is 3.51. The number of esters is 1. The van der Waals surface area contributed by atoms with E-state index in [1.807, 2.05) is 36.6 Å². The van der Waals surface area contributed by atoms with Crippen molar-refractivity contribution in [2.24, 2.45) is 0 Å². The maximum absolute atomic E-state index is 12.4. The van der Waals surface area contributed by atoms with Crippen molar-refractivity contribution in [1.29, 1.82) is 0 Å². The first-order valence-corrected chi connectivity index (χ1v) is 6.94. The molecule has 0 atom stereocenters. The maximum Gasteiger partial charge on any atom is 0.381 e. The number of fused-ring (bicyclic) bond motifs is 1. The van der Waals surface area contributed by atoms with Crippen molar-refractivity contribution < 1.29 is 19.1 Å². The number of carbonyl (C=O) groups excluding carboxylic acids is 2. The lowest BCUT2D eigenvalue weighted by atomic mass is 10.1. The van der Waals surface area contributed by atoms with Gasteiger partial charge >= 0.3 is 5.97 Å². The molecule has 112 valence electrons. The zero-order chi connectivity index (χ0) is 15.6. The predicted octanol–water partition coefficient (Wildman–Crippen LogP) is 2.72. The summed E-state index contributed by atoms with van der Waals surface area (Å²) in [5, 5.41) is 0.856. The second-order valence-electron chi connectivity index (χ2n) is 4.62. The van der Waals surface area contributed by atoms with E-state index in [1.54, 1.807) is 14.0 Å². The Morgan fingerprint density at radius 3 is 2.52 bits per heavy atom. The molecule has 0 unspecified atom stereocenters. The van der Waals surface area contributed by atoms with E-state index in [4.69, 9.17) is 9.47 Å². The van der Waals surface area contributed by atoms with Crippen LogP contribution in [0.1, 0.15) is 29.9 Å². The molecule has 0 amide bonds. The third kappa shape index (κ3) is 2.39. The van der Waals surface area contributed by atoms with Gasteiger partial charge in [-0.05, 0) is 38.5 Å². The maximum atomic E-state index is 12.4. The molecule has 0 fully saturated rings. The molecular formula is C16H19NO4. The summed E-state index contributed by atoms with van der Waals surface area (Å²) in [6, 6.07) is 5.62. The van der Waals surface area contributed by atoms with Crippen LogP contribution < -0.4 is 4.74 Å². The quantitative estimate of drug-likeness (QED) is 0.482. The van der Waals surface area contributed by atoms with E-state index in [2.05, 4.69) is 0 Å². The number of ketones is 1. The zero-order valence-electron chi connectivity index (χ0n) is 12.7. The van der Waals surface area contributed by atoms with Gasteiger partial charge in [0.1, 0.15) is 11.4 Å². The van der Waals surface area contributed by atoms with Gasteiger partial charge in [0.05, 0.1) is 19.2 Å². The number of carbonyl (C=O) groups is 2. The second-order valence-corrected chi connectivity index (χ2v) is 4.62. The zero-order valence-corrected chi connectivity index (χ0v) is 12.7. The Kier molecular flexibility index (Phi) is 4.31. The van der Waals surface area contributed by atoms with Gasteiger partial charge in [-0.25, -0.2) is 4.79 Å². The molecule has 2 aromatic rings. The number of benzene rings is 1. The lowest BCUT2D eigenvalue weighted by Gasteiger charge is -2.07. The standard InChI is InChI=1S/C16H19NO4/c1-5-17-11-8-7-9-12(20-4)13(11)10(3)14(17)15(18)16(19)21-6-2/h7-9H,5-6H2,1-4H3. The third-order valence-electron chi connectivity index (χ3n) is 3.51. The van der Waals surface area contributed by atoms with Crippen molar-refractivity contribution in [3.05, 3.63) is 29.5 Å². The monoisotopic (exact) mass is 289 g/mol. The topological polar surface area (TPSA) is 57.5 Å². The van der Waals surface area contributed by atoms with Gasteiger partial charge in [0.15, 0.2) is 0 Å². The fourth-order valence-electron chi connectivity index (χ4n) is 2.65. The number of hydrogen-bond acceptors (Lipinski definition) is 4. The Hall–Kier alpha value is -2.30. The van der Waals surface area contributed by atoms with E-state index >= 15 is 0 Å². The predicted molar refractivity (Wildman–Crippen MR) is 79.9 cm³/mol. The lowest BCUT2D eigenvalue weighted by Crippen LogP contribution is -2.21. The van der Waals surface area contributed by atoms with E-state index in [-0.39, 0.29) is 6.61 Å². The molecule has 0 aliphatic rings. The van der Waals surface area contributed by atoms with Gasteiger partial charge in [-0.1, -0.05) is 6.07 Å². The number of hydrogen-bond donors (Lipinski definition) is 0. The molecule has 2 rings (SSSR count). The van der Waals surface area contributed by atoms with Crippen LogP contribution in [-0.4, -0.2) is 30.0 Å². The van der Waals surface area contributed by atoms with Crippen molar-refractivity contribution in [1.82, 2.24) is 4.57 Å². The molecule has 0 N–H and O–H groups in total. The smallest absolute Gasteiger partial charge is 0.381 e. The summed E-state index contributed by atoms with van der Waals surface area (Å²) in [5.41, 5.74) is 1.99. The lowest BCUT2D eigenvalue weighted by molar-refractivity contribution is -0.137. The van der Waals surface area contributed by atoms with Crippen LogP contribution in [0.3, 0.4) is 0 Å². The molecule has 1 aromatic heterocycles. The summed E-state index contributed by atoms with van der Waals surface area (Å²) in [6.45, 7) is 6.19. The van der Waals surface area contributed by atoms with E-state index in [0.29, 0.717) is 18.0 Å². The molecule has 1 aromatic carbocycles. The number of rotatable bonds is 5. The molecular weight excluding hydrogens is 270 g/mol. The normalized spacial score (nSPS) is 10.7. The first-order valence-electron chi connectivity index (χ1n) is 6.94. The van der Waals surface area contributed by atoms with Gasteiger partial charge < -0.3 is 14.0 Å². The SMILES string of the molecule is CCOC(=O)C(=O)c1c(C)c2c(OC)cccc2n1CC. The van der Waals surface area contributed by atoms with Crippen molar-refractivity contribution in [2.75, 3.05) is 13.7 Å². The van der Waals surface area contributed by atoms with Crippen molar-refractivity contribution in [2.45, 2.75) is 27.3 Å². The summed E-state index contributed by atoms with van der Waals surface area (Å²) in [7, 11) is 1.59. The van der Waals surface area contributed by atoms with Gasteiger partial charge in [-0.15, -0.1) is 0 Å². The van der Waals surface area contributed by atoms with Gasteiger partial charge in [0.2, 0.25) is 0 Å². The molecule has 5 heteroatoms. The Morgan fingerprint density at radius 1 is 1.24 bits per heavy atom. The molecule has 0 aliphatic heterocycles. The van der Waals surface area contributed by atoms with E-state index in [9.17, 15) is 9.59 Å². The first-order chi connectivity index (χ1) is 10.1. The summed E-state index contributed by atoms with van der Waals surface area (Å²) < 4.78 is 12.0. The highest BCUT2D eigenvalue weighted by molar-refractivity contribution is 6.41. The number of aromatic nitrogens is 1. The molecule has 0 aliphatic carbocycles. The van der Waals surface area contributed by atoms with E-state index in [1.165, 1.54) is 0 Å². The summed E-state index contributed by atoms with van der Waals surface area (Å²) >= 11 is 0. The number of nitrogens with zero attached hydrogens (tertiary/aromatic N) is 1. The number of methoxy groups -OCH3 is 1. The molecule has 5 nitrogen and oxygen atoms in total. The minimum atomic E-state index is -0.822. The van der Waals surface area contributed by atoms with Crippen LogP contribution in [-0.2, 0) is 16.1 Å². The Bertz CT molecular complexity index is 700. The first kappa shape index (κ1) is 15.1. The van der Waals surface area contributed by atoms with Crippen LogP contribution in [0.4, 0.5) is 0 Å². The number of aryl methyl sites for hydroxylation is 2. The molecule has 1 heterocycles. The summed E-state index contributed by atoms with van der Waals surface area (Å²) in [4.78, 5) is 24.1. The van der Waals surface area contributed by atoms with Gasteiger partial charge in [-0.3, -0.25) is 4.79 Å². The summed E-state index contributed by atoms with van der Waals surface area (Å²) in [5.74, 6) is -0.748. The molecule has 0 saturated carbocycles. The van der Waals surface area contributed by atoms with Crippen molar-refractivity contribution in [3.8, 4) is 5.75 Å². The van der Waals surface area contributed by atoms with Crippen molar-refractivity contribution in [3.63, 3.8) is 0 Å². The largest absolute Gasteiger partial charge is 0.496 e. The van der Waals surface area contributed by atoms with Crippen LogP contribution in [0.25, 0.3) is 10.9 Å². The van der Waals surface area contributed by atoms with Crippen LogP contribution in [0, 0.1) is 6.92 Å². The van der Waals surface area contributed by atoms with Crippen LogP contribution in [0.15, 0.2) is 18.2 Å². The Labute approximate surface area is 123 Å². The average molecular weight is 289 g/mol. The minimum absolute atomic E-state index is 0.180. The van der Waals surface area contributed by atoms with Crippen molar-refractivity contribution >= 4 is 22.7 Å². The average Bonchev–Trinajstić information content (AvgIpc) is 2.79. The van der Waals surface area contributed by atoms with E-state index in [0.717, 1.165) is 16.5 Å². The van der Waals surface area contributed by atoms with Crippen LogP contribution >= 0.6 is 0 Å². The molecule has 0 saturated heterocycles. The van der Waals surface area contributed by atoms with Crippen LogP contribution in [0.2, 0.25) is 0 Å². The van der Waals surface area contributed by atoms with Gasteiger partial charge in [-0.2, -0.15) is 0 Å². The molecule has 0 bridgehead atoms. The number of Topliss-reactive ketones (excluding diaryl/α,β-unsaturated/α-hetero) is 1. The molecule has 21 heavy (non-hydrogen) atoms. The molecule has 0 spiro atoms. The van der Waals surface area contributed by atoms with Crippen LogP contribution in [0.5, 0.6) is 5.75 Å². The second kappa shape index (κ2) is 5.99. The minimum Gasteiger partial charge on any atom is -0.496 e. The highest BCUT2D eigenvalue weighted by Gasteiger charge is 2.27. The van der Waals surface area contributed by atoms with Gasteiger partial charge in [0.25, 0.3) is 5.78 Å². The highest BCUT2D eigenvalue weighted by atomic mass is 16.5. The number of ether oxygens (including phenoxy) is 2. The summed E-state index contributed by atoms with van der Waals surface area (Å²) in [6.07, 6.45) is 0. The Balaban J connectivity index is 2.72. The molecule has 0 radical (unpaired) electrons. The van der Waals surface area contributed by atoms with E-state index < -0.39 is 11.8 Å². The fraction of sp³-hybridized carbons (Fsp3) is 0.375.